The molecular formula is C11H24N2. The Labute approximate surface area is 82.5 Å². The summed E-state index contributed by atoms with van der Waals surface area (Å²) in [6, 6.07) is 0.663. The molecule has 0 radical (unpaired) electrons. The zero-order valence-corrected chi connectivity index (χ0v) is 9.51. The summed E-state index contributed by atoms with van der Waals surface area (Å²) in [5.74, 6) is 0.870. The summed E-state index contributed by atoms with van der Waals surface area (Å²) in [6.45, 7) is 7.67. The fraction of sp³-hybridized carbons (Fsp3) is 1.00. The summed E-state index contributed by atoms with van der Waals surface area (Å²) < 4.78 is 0. The zero-order chi connectivity index (χ0) is 10.1. The van der Waals surface area contributed by atoms with E-state index < -0.39 is 0 Å². The van der Waals surface area contributed by atoms with Crippen molar-refractivity contribution in [2.24, 2.45) is 11.7 Å². The molecule has 2 N–H and O–H groups in total. The van der Waals surface area contributed by atoms with Crippen LogP contribution in [0.2, 0.25) is 0 Å². The molecule has 0 aromatic heterocycles. The predicted octanol–water partition coefficient (Wildman–Crippen LogP) is 1.84. The SMILES string of the molecule is CCC(C)N(C)C1(CN)CC(C)C1. The summed E-state index contributed by atoms with van der Waals surface area (Å²) in [5.41, 5.74) is 6.21. The number of likely N-dealkylation sites (N-methyl/N-ethyl adjacent to an activating group) is 1. The third-order valence-corrected chi connectivity index (χ3v) is 3.84. The average molecular weight is 184 g/mol. The van der Waals surface area contributed by atoms with Crippen LogP contribution in [0.1, 0.15) is 40.0 Å². The number of nitrogens with two attached hydrogens (primary N) is 1. The molecule has 1 saturated carbocycles. The number of hydrogen-bond acceptors (Lipinski definition) is 2. The molecule has 1 rings (SSSR count). The molecule has 13 heavy (non-hydrogen) atoms. The van der Waals surface area contributed by atoms with Gasteiger partial charge < -0.3 is 5.73 Å². The third kappa shape index (κ3) is 1.89. The van der Waals surface area contributed by atoms with E-state index in [9.17, 15) is 0 Å². The van der Waals surface area contributed by atoms with Crippen molar-refractivity contribution in [1.82, 2.24) is 4.90 Å². The lowest BCUT2D eigenvalue weighted by Gasteiger charge is -2.54. The molecule has 1 fully saturated rings. The van der Waals surface area contributed by atoms with E-state index in [4.69, 9.17) is 5.73 Å². The Kier molecular flexibility index (Phi) is 3.36. The Hall–Kier alpha value is -0.0800. The second kappa shape index (κ2) is 3.97. The molecule has 0 spiro atoms. The highest BCUT2D eigenvalue weighted by Crippen LogP contribution is 2.41. The normalized spacial score (nSPS) is 36.0. The van der Waals surface area contributed by atoms with Gasteiger partial charge in [-0.05, 0) is 39.2 Å². The van der Waals surface area contributed by atoms with Gasteiger partial charge in [-0.3, -0.25) is 4.90 Å². The zero-order valence-electron chi connectivity index (χ0n) is 9.51. The van der Waals surface area contributed by atoms with Gasteiger partial charge in [0.15, 0.2) is 0 Å². The van der Waals surface area contributed by atoms with Crippen molar-refractivity contribution in [1.29, 1.82) is 0 Å². The molecule has 0 aromatic carbocycles. The molecule has 1 atom stereocenters. The fourth-order valence-corrected chi connectivity index (χ4v) is 2.58. The van der Waals surface area contributed by atoms with Crippen LogP contribution < -0.4 is 5.73 Å². The second-order valence-corrected chi connectivity index (χ2v) is 4.81. The molecule has 1 aliphatic rings. The predicted molar refractivity (Wildman–Crippen MR) is 57.7 cm³/mol. The molecule has 0 saturated heterocycles. The van der Waals surface area contributed by atoms with Crippen LogP contribution in [0, 0.1) is 5.92 Å². The highest BCUT2D eigenvalue weighted by Gasteiger charge is 2.44. The first kappa shape index (κ1) is 11.0. The van der Waals surface area contributed by atoms with Crippen LogP contribution in [0.5, 0.6) is 0 Å². The van der Waals surface area contributed by atoms with Gasteiger partial charge in [0.05, 0.1) is 0 Å². The standard InChI is InChI=1S/C11H24N2/c1-5-10(3)13(4)11(8-12)6-9(2)7-11/h9-10H,5-8,12H2,1-4H3. The quantitative estimate of drug-likeness (QED) is 0.722. The fourth-order valence-electron chi connectivity index (χ4n) is 2.58. The van der Waals surface area contributed by atoms with Gasteiger partial charge in [0.2, 0.25) is 0 Å². The number of hydrogen-bond donors (Lipinski definition) is 1. The van der Waals surface area contributed by atoms with Gasteiger partial charge in [-0.2, -0.15) is 0 Å². The average Bonchev–Trinajstić information content (AvgIpc) is 2.10. The summed E-state index contributed by atoms with van der Waals surface area (Å²) in [5, 5.41) is 0. The van der Waals surface area contributed by atoms with Crippen LogP contribution in [0.3, 0.4) is 0 Å². The Balaban J connectivity index is 2.57. The van der Waals surface area contributed by atoms with Crippen molar-refractivity contribution in [3.63, 3.8) is 0 Å². The maximum Gasteiger partial charge on any atom is 0.0336 e. The van der Waals surface area contributed by atoms with Gasteiger partial charge in [0.25, 0.3) is 0 Å². The Morgan fingerprint density at radius 2 is 2.08 bits per heavy atom. The van der Waals surface area contributed by atoms with Crippen molar-refractivity contribution in [2.45, 2.75) is 51.6 Å². The summed E-state index contributed by atoms with van der Waals surface area (Å²) in [7, 11) is 2.23. The molecule has 2 nitrogen and oxygen atoms in total. The van der Waals surface area contributed by atoms with Gasteiger partial charge >= 0.3 is 0 Å². The number of rotatable bonds is 4. The topological polar surface area (TPSA) is 29.3 Å². The highest BCUT2D eigenvalue weighted by molar-refractivity contribution is 5.02. The van der Waals surface area contributed by atoms with Crippen LogP contribution in [-0.2, 0) is 0 Å². The molecule has 0 heterocycles. The van der Waals surface area contributed by atoms with Crippen LogP contribution in [0.25, 0.3) is 0 Å². The lowest BCUT2D eigenvalue weighted by molar-refractivity contribution is -0.0186. The van der Waals surface area contributed by atoms with E-state index in [1.165, 1.54) is 19.3 Å². The minimum atomic E-state index is 0.328. The molecule has 0 aromatic rings. The Morgan fingerprint density at radius 1 is 1.54 bits per heavy atom. The minimum absolute atomic E-state index is 0.328. The smallest absolute Gasteiger partial charge is 0.0336 e. The molecule has 78 valence electrons. The van der Waals surface area contributed by atoms with Gasteiger partial charge in [0.1, 0.15) is 0 Å². The molecule has 0 aliphatic heterocycles. The maximum atomic E-state index is 5.88. The number of nitrogens with zero attached hydrogens (tertiary/aromatic N) is 1. The molecular weight excluding hydrogens is 160 g/mol. The van der Waals surface area contributed by atoms with Gasteiger partial charge in [0, 0.05) is 18.1 Å². The first-order valence-electron chi connectivity index (χ1n) is 5.48. The van der Waals surface area contributed by atoms with Crippen LogP contribution in [-0.4, -0.2) is 30.1 Å². The Morgan fingerprint density at radius 3 is 2.38 bits per heavy atom. The lowest BCUT2D eigenvalue weighted by Crippen LogP contribution is -2.62. The van der Waals surface area contributed by atoms with Gasteiger partial charge in [-0.25, -0.2) is 0 Å². The van der Waals surface area contributed by atoms with E-state index in [2.05, 4.69) is 32.7 Å². The van der Waals surface area contributed by atoms with Crippen molar-refractivity contribution < 1.29 is 0 Å². The van der Waals surface area contributed by atoms with Crippen molar-refractivity contribution in [3.8, 4) is 0 Å². The summed E-state index contributed by atoms with van der Waals surface area (Å²) >= 11 is 0. The van der Waals surface area contributed by atoms with Gasteiger partial charge in [-0.15, -0.1) is 0 Å². The van der Waals surface area contributed by atoms with Gasteiger partial charge in [-0.1, -0.05) is 13.8 Å². The second-order valence-electron chi connectivity index (χ2n) is 4.81. The maximum absolute atomic E-state index is 5.88. The van der Waals surface area contributed by atoms with E-state index in [1.807, 2.05) is 0 Å². The van der Waals surface area contributed by atoms with Crippen molar-refractivity contribution in [3.05, 3.63) is 0 Å². The molecule has 1 aliphatic carbocycles. The molecule has 2 heteroatoms. The van der Waals surface area contributed by atoms with E-state index in [0.717, 1.165) is 12.5 Å². The monoisotopic (exact) mass is 184 g/mol. The lowest BCUT2D eigenvalue weighted by atomic mass is 9.67. The molecule has 0 bridgehead atoms. The third-order valence-electron chi connectivity index (χ3n) is 3.84. The van der Waals surface area contributed by atoms with E-state index in [1.54, 1.807) is 0 Å². The van der Waals surface area contributed by atoms with E-state index in [0.29, 0.717) is 11.6 Å². The summed E-state index contributed by atoms with van der Waals surface area (Å²) in [4.78, 5) is 2.49. The largest absolute Gasteiger partial charge is 0.329 e. The molecule has 0 amide bonds. The van der Waals surface area contributed by atoms with E-state index >= 15 is 0 Å². The first-order chi connectivity index (χ1) is 6.05. The molecule has 1 unspecified atom stereocenters. The van der Waals surface area contributed by atoms with Crippen molar-refractivity contribution >= 4 is 0 Å². The first-order valence-corrected chi connectivity index (χ1v) is 5.48. The Bertz CT molecular complexity index is 161. The van der Waals surface area contributed by atoms with Crippen LogP contribution in [0.15, 0.2) is 0 Å². The highest BCUT2D eigenvalue weighted by atomic mass is 15.2. The minimum Gasteiger partial charge on any atom is -0.329 e. The van der Waals surface area contributed by atoms with Crippen LogP contribution >= 0.6 is 0 Å². The van der Waals surface area contributed by atoms with Crippen molar-refractivity contribution in [2.75, 3.05) is 13.6 Å². The van der Waals surface area contributed by atoms with Crippen LogP contribution in [0.4, 0.5) is 0 Å². The van der Waals surface area contributed by atoms with E-state index in [-0.39, 0.29) is 0 Å². The summed E-state index contributed by atoms with van der Waals surface area (Å²) in [6.07, 6.45) is 3.78.